The lowest BCUT2D eigenvalue weighted by Crippen LogP contribution is -2.52. The van der Waals surface area contributed by atoms with Gasteiger partial charge < -0.3 is 10.1 Å². The van der Waals surface area contributed by atoms with Crippen LogP contribution >= 0.6 is 0 Å². The van der Waals surface area contributed by atoms with Crippen molar-refractivity contribution in [1.29, 1.82) is 0 Å². The highest BCUT2D eigenvalue weighted by molar-refractivity contribution is 6.06. The molecule has 0 radical (unpaired) electrons. The molecule has 1 unspecified atom stereocenters. The van der Waals surface area contributed by atoms with Crippen LogP contribution in [0.2, 0.25) is 0 Å². The normalized spacial score (nSPS) is 19.1. The second-order valence-corrected chi connectivity index (χ2v) is 7.23. The first-order valence-electron chi connectivity index (χ1n) is 8.65. The molecular weight excluding hydrogens is 308 g/mol. The molecule has 6 heteroatoms. The first kappa shape index (κ1) is 20.2. The standard InChI is InChI=1S/C18H30N2O4/c1-7-9-13(19-17(23)24-18(4,5)6)16(22)20-14(10-8-2)12(3)11-15(20)21/h11,13-14H,7-10H2,1-6H3,(H,19,23)/t13-,14?/m1/s1. The zero-order chi connectivity index (χ0) is 18.5. The van der Waals surface area contributed by atoms with Crippen LogP contribution < -0.4 is 5.32 Å². The summed E-state index contributed by atoms with van der Waals surface area (Å²) in [6.45, 7) is 11.1. The number of carbonyl (C=O) groups excluding carboxylic acids is 3. The molecule has 1 heterocycles. The minimum atomic E-state index is -0.757. The van der Waals surface area contributed by atoms with E-state index in [0.717, 1.165) is 18.4 Å². The highest BCUT2D eigenvalue weighted by Gasteiger charge is 2.38. The van der Waals surface area contributed by atoms with Crippen LogP contribution in [-0.2, 0) is 14.3 Å². The van der Waals surface area contributed by atoms with Gasteiger partial charge in [0.05, 0.1) is 6.04 Å². The van der Waals surface area contributed by atoms with Crippen LogP contribution in [0.3, 0.4) is 0 Å². The Morgan fingerprint density at radius 3 is 2.42 bits per heavy atom. The molecule has 2 atom stereocenters. The number of rotatable bonds is 6. The molecule has 1 rings (SSSR count). The molecule has 0 saturated heterocycles. The third kappa shape index (κ3) is 5.35. The lowest BCUT2D eigenvalue weighted by molar-refractivity contribution is -0.144. The summed E-state index contributed by atoms with van der Waals surface area (Å²) in [5, 5.41) is 2.62. The summed E-state index contributed by atoms with van der Waals surface area (Å²) < 4.78 is 5.23. The number of nitrogens with one attached hydrogen (secondary N) is 1. The summed E-state index contributed by atoms with van der Waals surface area (Å²) in [6.07, 6.45) is 3.63. The molecule has 6 nitrogen and oxygen atoms in total. The number of hydrogen-bond donors (Lipinski definition) is 1. The molecule has 0 aromatic rings. The quantitative estimate of drug-likeness (QED) is 0.807. The molecule has 0 aromatic carbocycles. The van der Waals surface area contributed by atoms with Gasteiger partial charge in [0.2, 0.25) is 0 Å². The maximum atomic E-state index is 12.9. The molecule has 136 valence electrons. The van der Waals surface area contributed by atoms with Gasteiger partial charge in [0, 0.05) is 6.08 Å². The molecule has 0 spiro atoms. The van der Waals surface area contributed by atoms with Gasteiger partial charge in [-0.05, 0) is 46.1 Å². The second-order valence-electron chi connectivity index (χ2n) is 7.23. The van der Waals surface area contributed by atoms with Crippen molar-refractivity contribution in [2.75, 3.05) is 0 Å². The summed E-state index contributed by atoms with van der Waals surface area (Å²) in [7, 11) is 0. The monoisotopic (exact) mass is 338 g/mol. The van der Waals surface area contributed by atoms with Crippen molar-refractivity contribution < 1.29 is 19.1 Å². The zero-order valence-electron chi connectivity index (χ0n) is 15.6. The Hall–Kier alpha value is -1.85. The lowest BCUT2D eigenvalue weighted by Gasteiger charge is -2.29. The Morgan fingerprint density at radius 1 is 1.29 bits per heavy atom. The van der Waals surface area contributed by atoms with E-state index >= 15 is 0 Å². The van der Waals surface area contributed by atoms with Gasteiger partial charge in [0.1, 0.15) is 11.6 Å². The topological polar surface area (TPSA) is 75.7 Å². The lowest BCUT2D eigenvalue weighted by atomic mass is 10.0. The van der Waals surface area contributed by atoms with Crippen LogP contribution in [0.25, 0.3) is 0 Å². The maximum absolute atomic E-state index is 12.9. The van der Waals surface area contributed by atoms with Crippen LogP contribution in [0, 0.1) is 0 Å². The highest BCUT2D eigenvalue weighted by Crippen LogP contribution is 2.24. The SMILES string of the molecule is CCCC1C(C)=CC(=O)N1C(=O)[C@@H](CCC)NC(=O)OC(C)(C)C. The Bertz CT molecular complexity index is 520. The molecule has 0 saturated carbocycles. The largest absolute Gasteiger partial charge is 0.444 e. The summed E-state index contributed by atoms with van der Waals surface area (Å²) in [6, 6.07) is -0.970. The Balaban J connectivity index is 2.89. The molecule has 1 aliphatic heterocycles. The predicted molar refractivity (Wildman–Crippen MR) is 92.4 cm³/mol. The number of imide groups is 1. The first-order chi connectivity index (χ1) is 11.1. The Labute approximate surface area is 144 Å². The predicted octanol–water partition coefficient (Wildman–Crippen LogP) is 3.16. The summed E-state index contributed by atoms with van der Waals surface area (Å²) in [5.74, 6) is -0.665. The molecule has 0 aromatic heterocycles. The average Bonchev–Trinajstić information content (AvgIpc) is 2.70. The number of hydrogen-bond acceptors (Lipinski definition) is 4. The summed E-state index contributed by atoms with van der Waals surface area (Å²) in [5.41, 5.74) is 0.249. The van der Waals surface area contributed by atoms with Crippen molar-refractivity contribution in [3.8, 4) is 0 Å². The third-order valence-electron chi connectivity index (χ3n) is 3.79. The van der Waals surface area contributed by atoms with Crippen LogP contribution in [0.4, 0.5) is 4.79 Å². The van der Waals surface area contributed by atoms with Crippen LogP contribution in [0.1, 0.15) is 67.2 Å². The van der Waals surface area contributed by atoms with E-state index in [-0.39, 0.29) is 17.9 Å². The summed E-state index contributed by atoms with van der Waals surface area (Å²) >= 11 is 0. The Morgan fingerprint density at radius 2 is 1.92 bits per heavy atom. The fraction of sp³-hybridized carbons (Fsp3) is 0.722. The third-order valence-corrected chi connectivity index (χ3v) is 3.79. The molecule has 0 aliphatic carbocycles. The van der Waals surface area contributed by atoms with Crippen molar-refractivity contribution >= 4 is 17.9 Å². The van der Waals surface area contributed by atoms with Gasteiger partial charge in [-0.2, -0.15) is 0 Å². The zero-order valence-corrected chi connectivity index (χ0v) is 15.6. The number of amides is 3. The van der Waals surface area contributed by atoms with Crippen LogP contribution in [-0.4, -0.2) is 40.5 Å². The fourth-order valence-electron chi connectivity index (χ4n) is 2.77. The minimum Gasteiger partial charge on any atom is -0.444 e. The number of alkyl carbamates (subject to hydrolysis) is 1. The van der Waals surface area contributed by atoms with E-state index in [0.29, 0.717) is 12.8 Å². The van der Waals surface area contributed by atoms with E-state index < -0.39 is 17.7 Å². The molecule has 3 amide bonds. The van der Waals surface area contributed by atoms with Gasteiger partial charge in [0.15, 0.2) is 0 Å². The van der Waals surface area contributed by atoms with E-state index in [1.807, 2.05) is 20.8 Å². The number of ether oxygens (including phenoxy) is 1. The van der Waals surface area contributed by atoms with E-state index in [1.54, 1.807) is 20.8 Å². The van der Waals surface area contributed by atoms with Gasteiger partial charge >= 0.3 is 6.09 Å². The maximum Gasteiger partial charge on any atom is 0.408 e. The second kappa shape index (κ2) is 8.31. The van der Waals surface area contributed by atoms with Crippen LogP contribution in [0.15, 0.2) is 11.6 Å². The van der Waals surface area contributed by atoms with Crippen LogP contribution in [0.5, 0.6) is 0 Å². The van der Waals surface area contributed by atoms with Crippen molar-refractivity contribution in [3.63, 3.8) is 0 Å². The van der Waals surface area contributed by atoms with Gasteiger partial charge in [-0.1, -0.05) is 26.7 Å². The van der Waals surface area contributed by atoms with Crippen molar-refractivity contribution in [2.24, 2.45) is 0 Å². The minimum absolute atomic E-state index is 0.213. The average molecular weight is 338 g/mol. The van der Waals surface area contributed by atoms with E-state index in [2.05, 4.69) is 5.32 Å². The van der Waals surface area contributed by atoms with E-state index in [4.69, 9.17) is 4.74 Å². The number of carbonyl (C=O) groups is 3. The molecular formula is C18H30N2O4. The highest BCUT2D eigenvalue weighted by atomic mass is 16.6. The van der Waals surface area contributed by atoms with Gasteiger partial charge in [-0.25, -0.2) is 4.79 Å². The van der Waals surface area contributed by atoms with Crippen molar-refractivity contribution in [2.45, 2.75) is 84.9 Å². The van der Waals surface area contributed by atoms with E-state index in [9.17, 15) is 14.4 Å². The van der Waals surface area contributed by atoms with E-state index in [1.165, 1.54) is 11.0 Å². The van der Waals surface area contributed by atoms with Gasteiger partial charge in [-0.3, -0.25) is 14.5 Å². The molecule has 24 heavy (non-hydrogen) atoms. The van der Waals surface area contributed by atoms with Crippen molar-refractivity contribution in [1.82, 2.24) is 10.2 Å². The number of nitrogens with zero attached hydrogens (tertiary/aromatic N) is 1. The molecule has 1 N–H and O–H groups in total. The molecule has 1 aliphatic rings. The van der Waals surface area contributed by atoms with Gasteiger partial charge in [-0.15, -0.1) is 0 Å². The summed E-state index contributed by atoms with van der Waals surface area (Å²) in [4.78, 5) is 38.4. The molecule has 0 bridgehead atoms. The fourth-order valence-corrected chi connectivity index (χ4v) is 2.77. The first-order valence-corrected chi connectivity index (χ1v) is 8.65. The Kier molecular flexibility index (Phi) is 6.99. The molecule has 0 fully saturated rings. The van der Waals surface area contributed by atoms with Gasteiger partial charge in [0.25, 0.3) is 11.8 Å². The smallest absolute Gasteiger partial charge is 0.408 e. The van der Waals surface area contributed by atoms with Crippen molar-refractivity contribution in [3.05, 3.63) is 11.6 Å².